The fourth-order valence-electron chi connectivity index (χ4n) is 2.15. The van der Waals surface area contributed by atoms with Gasteiger partial charge in [-0.2, -0.15) is 5.26 Å². The Morgan fingerprint density at radius 1 is 1.29 bits per heavy atom. The Labute approximate surface area is 106 Å². The van der Waals surface area contributed by atoms with Crippen molar-refractivity contribution < 1.29 is 0 Å². The van der Waals surface area contributed by atoms with E-state index in [1.807, 2.05) is 12.1 Å². The van der Waals surface area contributed by atoms with Gasteiger partial charge in [0.1, 0.15) is 6.04 Å². The topological polar surface area (TPSA) is 27.0 Å². The van der Waals surface area contributed by atoms with E-state index in [1.54, 1.807) is 11.3 Å². The second-order valence-electron chi connectivity index (χ2n) is 3.94. The molecule has 0 bridgehead atoms. The van der Waals surface area contributed by atoms with Crippen molar-refractivity contribution in [3.63, 3.8) is 0 Å². The first kappa shape index (κ1) is 12.1. The van der Waals surface area contributed by atoms with Gasteiger partial charge in [0.2, 0.25) is 0 Å². The molecule has 0 aliphatic heterocycles. The van der Waals surface area contributed by atoms with E-state index < -0.39 is 0 Å². The van der Waals surface area contributed by atoms with Crippen LogP contribution in [0, 0.1) is 11.3 Å². The van der Waals surface area contributed by atoms with Crippen molar-refractivity contribution in [3.8, 4) is 6.07 Å². The molecule has 17 heavy (non-hydrogen) atoms. The zero-order valence-corrected chi connectivity index (χ0v) is 11.0. The zero-order valence-electron chi connectivity index (χ0n) is 10.2. The molecule has 1 atom stereocenters. The Bertz CT molecular complexity index is 534. The van der Waals surface area contributed by atoms with Crippen LogP contribution in [-0.2, 0) is 0 Å². The molecule has 0 aliphatic carbocycles. The van der Waals surface area contributed by atoms with Crippen LogP contribution < -0.4 is 0 Å². The quantitative estimate of drug-likeness (QED) is 0.817. The molecule has 0 spiro atoms. The molecule has 0 fully saturated rings. The number of thiophene rings is 1. The minimum Gasteiger partial charge on any atom is -0.285 e. The fourth-order valence-corrected chi connectivity index (χ4v) is 3.13. The molecule has 1 aromatic heterocycles. The van der Waals surface area contributed by atoms with Crippen LogP contribution in [0.4, 0.5) is 0 Å². The molecule has 0 saturated heterocycles. The second-order valence-corrected chi connectivity index (χ2v) is 4.85. The largest absolute Gasteiger partial charge is 0.285 e. The highest BCUT2D eigenvalue weighted by Crippen LogP contribution is 2.32. The van der Waals surface area contributed by atoms with Gasteiger partial charge < -0.3 is 0 Å². The van der Waals surface area contributed by atoms with Gasteiger partial charge in [-0.15, -0.1) is 11.3 Å². The fraction of sp³-hybridized carbons (Fsp3) is 0.357. The predicted molar refractivity (Wildman–Crippen MR) is 73.1 cm³/mol. The lowest BCUT2D eigenvalue weighted by atomic mass is 10.1. The maximum Gasteiger partial charge on any atom is 0.125 e. The highest BCUT2D eigenvalue weighted by atomic mass is 32.1. The van der Waals surface area contributed by atoms with E-state index in [1.165, 1.54) is 10.1 Å². The summed E-state index contributed by atoms with van der Waals surface area (Å²) < 4.78 is 1.26. The first-order chi connectivity index (χ1) is 8.31. The minimum absolute atomic E-state index is 0.124. The third kappa shape index (κ3) is 2.19. The number of benzene rings is 1. The van der Waals surface area contributed by atoms with Gasteiger partial charge in [0, 0.05) is 10.3 Å². The summed E-state index contributed by atoms with van der Waals surface area (Å²) in [6.07, 6.45) is 0. The number of hydrogen-bond donors (Lipinski definition) is 0. The smallest absolute Gasteiger partial charge is 0.125 e. The van der Waals surface area contributed by atoms with E-state index in [-0.39, 0.29) is 6.04 Å². The lowest BCUT2D eigenvalue weighted by Gasteiger charge is -2.23. The molecule has 0 aliphatic rings. The van der Waals surface area contributed by atoms with Crippen LogP contribution in [0.3, 0.4) is 0 Å². The predicted octanol–water partition coefficient (Wildman–Crippen LogP) is 3.81. The summed E-state index contributed by atoms with van der Waals surface area (Å²) in [5, 5.41) is 12.7. The molecule has 0 saturated carbocycles. The summed E-state index contributed by atoms with van der Waals surface area (Å²) in [5.74, 6) is 0. The van der Waals surface area contributed by atoms with Crippen LogP contribution in [0.1, 0.15) is 25.5 Å². The van der Waals surface area contributed by atoms with Crippen molar-refractivity contribution >= 4 is 21.4 Å². The highest BCUT2D eigenvalue weighted by molar-refractivity contribution is 7.17. The van der Waals surface area contributed by atoms with Gasteiger partial charge in [0.15, 0.2) is 0 Å². The van der Waals surface area contributed by atoms with Gasteiger partial charge in [-0.05, 0) is 29.9 Å². The van der Waals surface area contributed by atoms with Crippen LogP contribution in [0.15, 0.2) is 29.6 Å². The van der Waals surface area contributed by atoms with Crippen LogP contribution in [0.2, 0.25) is 0 Å². The van der Waals surface area contributed by atoms with E-state index in [0.29, 0.717) is 0 Å². The summed E-state index contributed by atoms with van der Waals surface area (Å²) in [6, 6.07) is 10.6. The van der Waals surface area contributed by atoms with E-state index in [0.717, 1.165) is 18.7 Å². The molecule has 2 nitrogen and oxygen atoms in total. The molecule has 3 heteroatoms. The normalized spacial score (nSPS) is 12.8. The third-order valence-corrected chi connectivity index (χ3v) is 4.09. The van der Waals surface area contributed by atoms with Crippen molar-refractivity contribution in [1.29, 1.82) is 5.26 Å². The monoisotopic (exact) mass is 244 g/mol. The van der Waals surface area contributed by atoms with Gasteiger partial charge in [-0.25, -0.2) is 0 Å². The standard InChI is InChI=1S/C14H16N2S/c1-3-16(4-2)13(9-15)12-10-17-14-8-6-5-7-11(12)14/h5-8,10,13H,3-4H2,1-2H3. The number of hydrogen-bond acceptors (Lipinski definition) is 3. The maximum atomic E-state index is 9.40. The molecule has 0 N–H and O–H groups in total. The minimum atomic E-state index is -0.124. The van der Waals surface area contributed by atoms with Crippen LogP contribution in [0.25, 0.3) is 10.1 Å². The van der Waals surface area contributed by atoms with Crippen molar-refractivity contribution in [2.45, 2.75) is 19.9 Å². The molecule has 0 radical (unpaired) electrons. The van der Waals surface area contributed by atoms with Crippen molar-refractivity contribution in [3.05, 3.63) is 35.2 Å². The van der Waals surface area contributed by atoms with Gasteiger partial charge >= 0.3 is 0 Å². The highest BCUT2D eigenvalue weighted by Gasteiger charge is 2.20. The molecular weight excluding hydrogens is 228 g/mol. The Balaban J connectivity index is 2.47. The first-order valence-electron chi connectivity index (χ1n) is 5.91. The zero-order chi connectivity index (χ0) is 12.3. The summed E-state index contributed by atoms with van der Waals surface area (Å²) in [7, 11) is 0. The number of rotatable bonds is 4. The van der Waals surface area contributed by atoms with Gasteiger partial charge in [-0.1, -0.05) is 32.0 Å². The number of fused-ring (bicyclic) bond motifs is 1. The lowest BCUT2D eigenvalue weighted by Crippen LogP contribution is -2.27. The first-order valence-corrected chi connectivity index (χ1v) is 6.79. The van der Waals surface area contributed by atoms with Crippen LogP contribution in [-0.4, -0.2) is 18.0 Å². The van der Waals surface area contributed by atoms with Gasteiger partial charge in [0.05, 0.1) is 6.07 Å². The average molecular weight is 244 g/mol. The molecule has 2 aromatic rings. The average Bonchev–Trinajstić information content (AvgIpc) is 2.79. The van der Waals surface area contributed by atoms with E-state index >= 15 is 0 Å². The van der Waals surface area contributed by atoms with Crippen LogP contribution in [0.5, 0.6) is 0 Å². The maximum absolute atomic E-state index is 9.40. The van der Waals surface area contributed by atoms with E-state index in [2.05, 4.69) is 42.3 Å². The molecule has 1 unspecified atom stereocenters. The molecule has 2 rings (SSSR count). The summed E-state index contributed by atoms with van der Waals surface area (Å²) in [5.41, 5.74) is 1.15. The Hall–Kier alpha value is -1.37. The molecular formula is C14H16N2S. The van der Waals surface area contributed by atoms with E-state index in [4.69, 9.17) is 0 Å². The van der Waals surface area contributed by atoms with Crippen molar-refractivity contribution in [2.24, 2.45) is 0 Å². The summed E-state index contributed by atoms with van der Waals surface area (Å²) in [4.78, 5) is 2.19. The number of nitrogens with zero attached hydrogens (tertiary/aromatic N) is 2. The Morgan fingerprint density at radius 2 is 2.00 bits per heavy atom. The Morgan fingerprint density at radius 3 is 2.65 bits per heavy atom. The SMILES string of the molecule is CCN(CC)C(C#N)c1csc2ccccc12. The lowest BCUT2D eigenvalue weighted by molar-refractivity contribution is 0.264. The summed E-state index contributed by atoms with van der Waals surface area (Å²) in [6.45, 7) is 6.00. The third-order valence-electron chi connectivity index (χ3n) is 3.11. The molecule has 0 amide bonds. The van der Waals surface area contributed by atoms with Crippen molar-refractivity contribution in [1.82, 2.24) is 4.90 Å². The number of nitriles is 1. The second kappa shape index (κ2) is 5.31. The van der Waals surface area contributed by atoms with Gasteiger partial charge in [-0.3, -0.25) is 4.90 Å². The molecule has 1 heterocycles. The van der Waals surface area contributed by atoms with E-state index in [9.17, 15) is 5.26 Å². The van der Waals surface area contributed by atoms with Crippen molar-refractivity contribution in [2.75, 3.05) is 13.1 Å². The molecule has 1 aromatic carbocycles. The molecule has 88 valence electrons. The Kier molecular flexibility index (Phi) is 3.78. The van der Waals surface area contributed by atoms with Crippen LogP contribution >= 0.6 is 11.3 Å². The summed E-state index contributed by atoms with van der Waals surface area (Å²) >= 11 is 1.72. The van der Waals surface area contributed by atoms with Gasteiger partial charge in [0.25, 0.3) is 0 Å².